The molecule has 0 spiro atoms. The van der Waals surface area contributed by atoms with Gasteiger partial charge in [0, 0.05) is 34.3 Å². The summed E-state index contributed by atoms with van der Waals surface area (Å²) in [5, 5.41) is 9.75. The summed E-state index contributed by atoms with van der Waals surface area (Å²) in [6, 6.07) is 6.25. The van der Waals surface area contributed by atoms with Crippen LogP contribution < -0.4 is 5.32 Å². The monoisotopic (exact) mass is 511 g/mol. The lowest BCUT2D eigenvalue weighted by Gasteiger charge is -2.37. The molecule has 2 fully saturated rings. The molecule has 1 N–H and O–H groups in total. The maximum atomic E-state index is 13.1. The Hall–Kier alpha value is -1.79. The Labute approximate surface area is 200 Å². The third-order valence-electron chi connectivity index (χ3n) is 6.23. The van der Waals surface area contributed by atoms with Crippen molar-refractivity contribution >= 4 is 56.7 Å². The van der Waals surface area contributed by atoms with Gasteiger partial charge in [0.05, 0.1) is 28.0 Å². The second-order valence-corrected chi connectivity index (χ2v) is 11.6. The van der Waals surface area contributed by atoms with Gasteiger partial charge in [-0.2, -0.15) is 9.78 Å². The van der Waals surface area contributed by atoms with E-state index in [1.807, 2.05) is 18.2 Å². The number of carbonyl (C=O) groups excluding carboxylic acids is 1. The first-order valence-corrected chi connectivity index (χ1v) is 13.9. The summed E-state index contributed by atoms with van der Waals surface area (Å²) in [7, 11) is -2.42. The predicted molar refractivity (Wildman–Crippen MR) is 127 cm³/mol. The molecular formula is C20H22ClN5O3S3. The second kappa shape index (κ2) is 9.22. The van der Waals surface area contributed by atoms with Crippen LogP contribution in [0.4, 0.5) is 5.82 Å². The van der Waals surface area contributed by atoms with E-state index in [4.69, 9.17) is 16.7 Å². The number of thiol groups is 1. The van der Waals surface area contributed by atoms with Crippen molar-refractivity contribution in [3.8, 4) is 0 Å². The highest BCUT2D eigenvalue weighted by Gasteiger charge is 2.42. The summed E-state index contributed by atoms with van der Waals surface area (Å²) in [5.74, 6) is 0.673. The third-order valence-corrected chi connectivity index (χ3v) is 8.60. The summed E-state index contributed by atoms with van der Waals surface area (Å²) in [4.78, 5) is 20.4. The van der Waals surface area contributed by atoms with E-state index < -0.39 is 10.7 Å². The lowest BCUT2D eigenvalue weighted by atomic mass is 9.88. The Morgan fingerprint density at radius 2 is 2.03 bits per heavy atom. The number of rotatable bonds is 7. The molecule has 2 unspecified atom stereocenters. The summed E-state index contributed by atoms with van der Waals surface area (Å²) in [6.07, 6.45) is 3.71. The fourth-order valence-electron chi connectivity index (χ4n) is 4.81. The normalized spacial score (nSPS) is 23.1. The highest BCUT2D eigenvalue weighted by molar-refractivity contribution is 7.72. The highest BCUT2D eigenvalue weighted by atomic mass is 35.5. The molecule has 0 radical (unpaired) electrons. The summed E-state index contributed by atoms with van der Waals surface area (Å²) < 4.78 is 24.7. The van der Waals surface area contributed by atoms with Gasteiger partial charge in [0.25, 0.3) is 5.91 Å². The molecule has 170 valence electrons. The molecule has 0 amide bonds. The van der Waals surface area contributed by atoms with E-state index in [0.29, 0.717) is 18.1 Å². The molecule has 0 aromatic carbocycles. The number of nitrogens with zero attached hydrogens (tertiary/aromatic N) is 4. The Morgan fingerprint density at radius 1 is 1.25 bits per heavy atom. The number of thiazole rings is 1. The molecule has 0 saturated carbocycles. The number of thiophene rings is 1. The molecule has 3 aromatic heterocycles. The molecule has 5 heterocycles. The Kier molecular flexibility index (Phi) is 6.35. The zero-order valence-electron chi connectivity index (χ0n) is 17.0. The smallest absolute Gasteiger partial charge is 0.299 e. The lowest BCUT2D eigenvalue weighted by molar-refractivity contribution is 0.0941. The van der Waals surface area contributed by atoms with Gasteiger partial charge in [0.2, 0.25) is 0 Å². The van der Waals surface area contributed by atoms with Crippen molar-refractivity contribution in [2.75, 3.05) is 11.2 Å². The topological polar surface area (TPSA) is 97.2 Å². The number of halogens is 1. The molecule has 2 aliphatic heterocycles. The Balaban J connectivity index is 1.40. The average molecular weight is 512 g/mol. The number of anilines is 1. The molecule has 8 nitrogen and oxygen atoms in total. The van der Waals surface area contributed by atoms with Crippen LogP contribution in [0, 0.1) is 0 Å². The summed E-state index contributed by atoms with van der Waals surface area (Å²) >= 11 is 8.90. The number of fused-ring (bicyclic) bond motifs is 2. The molecule has 0 aliphatic carbocycles. The zero-order chi connectivity index (χ0) is 22.2. The third kappa shape index (κ3) is 4.49. The van der Waals surface area contributed by atoms with Gasteiger partial charge in [-0.25, -0.2) is 13.4 Å². The standard InChI is InChI=1S/C20H22ClN5O3S3/c21-18-4-3-15(31-18)8-22-19-7-16(24-26(19)20(27)17-9-30-10-23-17)12-5-13-1-2-14(6-12)25(13)11-32(28)29/h3-4,7,9-10,12-14,22,32H,1-2,5-6,8,11H2. The van der Waals surface area contributed by atoms with Crippen LogP contribution in [0.2, 0.25) is 4.34 Å². The molecule has 5 rings (SSSR count). The van der Waals surface area contributed by atoms with Crippen molar-refractivity contribution in [1.82, 2.24) is 19.7 Å². The molecule has 2 bridgehead atoms. The fraction of sp³-hybridized carbons (Fsp3) is 0.450. The van der Waals surface area contributed by atoms with Crippen LogP contribution in [0.25, 0.3) is 0 Å². The quantitative estimate of drug-likeness (QED) is 0.467. The summed E-state index contributed by atoms with van der Waals surface area (Å²) in [5.41, 5.74) is 2.86. The average Bonchev–Trinajstić information content (AvgIpc) is 3.54. The largest absolute Gasteiger partial charge is 0.365 e. The molecule has 3 aromatic rings. The summed E-state index contributed by atoms with van der Waals surface area (Å²) in [6.45, 7) is 0.535. The minimum Gasteiger partial charge on any atom is -0.365 e. The van der Waals surface area contributed by atoms with Crippen molar-refractivity contribution in [2.45, 2.75) is 50.2 Å². The van der Waals surface area contributed by atoms with Gasteiger partial charge in [-0.15, -0.1) is 22.7 Å². The number of piperidine rings is 1. The van der Waals surface area contributed by atoms with Crippen LogP contribution >= 0.6 is 34.3 Å². The van der Waals surface area contributed by atoms with Crippen molar-refractivity contribution in [1.29, 1.82) is 0 Å². The highest BCUT2D eigenvalue weighted by Crippen LogP contribution is 2.43. The van der Waals surface area contributed by atoms with Gasteiger partial charge >= 0.3 is 0 Å². The van der Waals surface area contributed by atoms with Crippen molar-refractivity contribution in [3.05, 3.63) is 49.7 Å². The van der Waals surface area contributed by atoms with Crippen molar-refractivity contribution < 1.29 is 13.2 Å². The van der Waals surface area contributed by atoms with Crippen LogP contribution in [0.5, 0.6) is 0 Å². The minimum absolute atomic E-state index is 0.129. The number of hydrogen-bond acceptors (Lipinski definition) is 9. The van der Waals surface area contributed by atoms with Gasteiger partial charge in [0.15, 0.2) is 10.7 Å². The molecule has 32 heavy (non-hydrogen) atoms. The van der Waals surface area contributed by atoms with Crippen LogP contribution in [-0.2, 0) is 17.2 Å². The molecule has 2 atom stereocenters. The number of aromatic nitrogens is 3. The second-order valence-electron chi connectivity index (χ2n) is 8.15. The van der Waals surface area contributed by atoms with Crippen LogP contribution in [0.1, 0.15) is 52.7 Å². The van der Waals surface area contributed by atoms with E-state index in [1.54, 1.807) is 10.9 Å². The Bertz CT molecular complexity index is 1170. The first-order chi connectivity index (χ1) is 15.5. The zero-order valence-corrected chi connectivity index (χ0v) is 20.3. The molecular weight excluding hydrogens is 490 g/mol. The molecule has 2 saturated heterocycles. The predicted octanol–water partition coefficient (Wildman–Crippen LogP) is 3.63. The molecule has 12 heteroatoms. The van der Waals surface area contributed by atoms with E-state index >= 15 is 0 Å². The van der Waals surface area contributed by atoms with E-state index in [2.05, 4.69) is 15.2 Å². The van der Waals surface area contributed by atoms with E-state index in [1.165, 1.54) is 27.4 Å². The van der Waals surface area contributed by atoms with Gasteiger partial charge < -0.3 is 5.32 Å². The first-order valence-electron chi connectivity index (χ1n) is 10.4. The van der Waals surface area contributed by atoms with Gasteiger partial charge in [-0.05, 0) is 37.8 Å². The van der Waals surface area contributed by atoms with E-state index in [9.17, 15) is 13.2 Å². The SMILES string of the molecule is O=C(c1cscn1)n1nc(C2CC3CCC(C2)N3C[SH](=O)=O)cc1NCc1ccc(Cl)s1. The minimum atomic E-state index is -2.42. The van der Waals surface area contributed by atoms with Crippen LogP contribution in [-0.4, -0.2) is 51.9 Å². The first kappa shape index (κ1) is 22.0. The Morgan fingerprint density at radius 3 is 2.66 bits per heavy atom. The maximum absolute atomic E-state index is 13.1. The number of carbonyl (C=O) groups is 1. The van der Waals surface area contributed by atoms with Crippen LogP contribution in [0.3, 0.4) is 0 Å². The van der Waals surface area contributed by atoms with Gasteiger partial charge in [-0.3, -0.25) is 9.69 Å². The number of nitrogens with one attached hydrogen (secondary N) is 1. The number of hydrogen-bond donors (Lipinski definition) is 2. The van der Waals surface area contributed by atoms with Gasteiger partial charge in [0.1, 0.15) is 11.5 Å². The lowest BCUT2D eigenvalue weighted by Crippen LogP contribution is -2.43. The van der Waals surface area contributed by atoms with Crippen molar-refractivity contribution in [3.63, 3.8) is 0 Å². The van der Waals surface area contributed by atoms with Gasteiger partial charge in [-0.1, -0.05) is 11.6 Å². The fourth-order valence-corrected chi connectivity index (χ4v) is 7.09. The van der Waals surface area contributed by atoms with E-state index in [-0.39, 0.29) is 29.8 Å². The van der Waals surface area contributed by atoms with E-state index in [0.717, 1.165) is 40.6 Å². The molecule has 2 aliphatic rings. The maximum Gasteiger partial charge on any atom is 0.299 e. The van der Waals surface area contributed by atoms with Crippen molar-refractivity contribution in [2.24, 2.45) is 0 Å². The van der Waals surface area contributed by atoms with Crippen LogP contribution in [0.15, 0.2) is 29.1 Å².